The zero-order valence-corrected chi connectivity index (χ0v) is 10.7. The maximum Gasteiger partial charge on any atom is 0.270 e. The van der Waals surface area contributed by atoms with Crippen molar-refractivity contribution in [2.45, 2.75) is 0 Å². The van der Waals surface area contributed by atoms with Crippen LogP contribution in [0, 0.1) is 10.1 Å². The molecule has 0 unspecified atom stereocenters. The van der Waals surface area contributed by atoms with E-state index in [4.69, 9.17) is 5.73 Å². The van der Waals surface area contributed by atoms with Crippen molar-refractivity contribution in [3.8, 4) is 22.0 Å². The first-order valence-electron chi connectivity index (χ1n) is 5.44. The average molecular weight is 289 g/mol. The largest absolute Gasteiger partial charge is 0.379 e. The van der Waals surface area contributed by atoms with Crippen molar-refractivity contribution in [2.75, 3.05) is 5.73 Å². The number of non-ortho nitro benzene ring substituents is 1. The summed E-state index contributed by atoms with van der Waals surface area (Å²) in [5.74, 6) is 0.157. The van der Waals surface area contributed by atoms with E-state index < -0.39 is 4.92 Å². The van der Waals surface area contributed by atoms with E-state index in [2.05, 4.69) is 19.9 Å². The zero-order chi connectivity index (χ0) is 14.1. The van der Waals surface area contributed by atoms with Gasteiger partial charge in [-0.1, -0.05) is 12.1 Å². The molecule has 0 saturated carbocycles. The summed E-state index contributed by atoms with van der Waals surface area (Å²) in [7, 11) is 0. The summed E-state index contributed by atoms with van der Waals surface area (Å²) in [5.41, 5.74) is 7.23. The summed E-state index contributed by atoms with van der Waals surface area (Å²) < 4.78 is 4.52. The van der Waals surface area contributed by atoms with Crippen LogP contribution in [0.1, 0.15) is 0 Å². The van der Waals surface area contributed by atoms with E-state index in [9.17, 15) is 10.1 Å². The molecule has 2 heterocycles. The van der Waals surface area contributed by atoms with E-state index in [1.807, 2.05) is 0 Å². The lowest BCUT2D eigenvalue weighted by molar-refractivity contribution is -0.384. The molecule has 0 spiro atoms. The molecular formula is C11H7N5O3S. The Labute approximate surface area is 116 Å². The molecule has 2 aromatic heterocycles. The first-order chi connectivity index (χ1) is 9.65. The zero-order valence-electron chi connectivity index (χ0n) is 9.89. The topological polar surface area (TPSA) is 121 Å². The van der Waals surface area contributed by atoms with E-state index in [0.29, 0.717) is 22.0 Å². The summed E-state index contributed by atoms with van der Waals surface area (Å²) in [6.45, 7) is 0. The SMILES string of the molecule is Nc1nonc1-c1nc(-c2cccc([N+](=O)[O-])c2)cs1. The number of aromatic nitrogens is 3. The van der Waals surface area contributed by atoms with Gasteiger partial charge in [-0.25, -0.2) is 9.61 Å². The average Bonchev–Trinajstić information content (AvgIpc) is 3.07. The number of rotatable bonds is 3. The first kappa shape index (κ1) is 12.2. The van der Waals surface area contributed by atoms with Crippen molar-refractivity contribution in [3.63, 3.8) is 0 Å². The van der Waals surface area contributed by atoms with Gasteiger partial charge in [0.05, 0.1) is 10.6 Å². The first-order valence-corrected chi connectivity index (χ1v) is 6.32. The minimum absolute atomic E-state index is 0.0136. The molecule has 1 aromatic carbocycles. The van der Waals surface area contributed by atoms with Crippen molar-refractivity contribution >= 4 is 22.8 Å². The lowest BCUT2D eigenvalue weighted by atomic mass is 10.1. The lowest BCUT2D eigenvalue weighted by Crippen LogP contribution is -1.89. The van der Waals surface area contributed by atoms with Gasteiger partial charge in [-0.05, 0) is 10.3 Å². The van der Waals surface area contributed by atoms with Crippen LogP contribution in [-0.2, 0) is 0 Å². The Kier molecular flexibility index (Phi) is 2.88. The van der Waals surface area contributed by atoms with Gasteiger partial charge in [0.15, 0.2) is 11.5 Å². The number of nitrogens with zero attached hydrogens (tertiary/aromatic N) is 4. The highest BCUT2D eigenvalue weighted by atomic mass is 32.1. The molecule has 8 nitrogen and oxygen atoms in total. The van der Waals surface area contributed by atoms with Crippen molar-refractivity contribution < 1.29 is 9.55 Å². The Morgan fingerprint density at radius 2 is 2.20 bits per heavy atom. The molecule has 0 bridgehead atoms. The molecule has 0 fully saturated rings. The van der Waals surface area contributed by atoms with Crippen LogP contribution in [0.5, 0.6) is 0 Å². The van der Waals surface area contributed by atoms with Crippen LogP contribution < -0.4 is 5.73 Å². The van der Waals surface area contributed by atoms with Gasteiger partial charge in [0.2, 0.25) is 0 Å². The van der Waals surface area contributed by atoms with Gasteiger partial charge in [-0.15, -0.1) is 11.3 Å². The monoisotopic (exact) mass is 289 g/mol. The van der Waals surface area contributed by atoms with Gasteiger partial charge in [-0.2, -0.15) is 0 Å². The number of thiazole rings is 1. The van der Waals surface area contributed by atoms with E-state index in [0.717, 1.165) is 0 Å². The predicted molar refractivity (Wildman–Crippen MR) is 71.9 cm³/mol. The Bertz CT molecular complexity index is 782. The number of anilines is 1. The fourth-order valence-corrected chi connectivity index (χ4v) is 2.45. The molecule has 100 valence electrons. The van der Waals surface area contributed by atoms with Crippen LogP contribution in [0.4, 0.5) is 11.5 Å². The summed E-state index contributed by atoms with van der Waals surface area (Å²) in [5, 5.41) is 20.2. The maximum atomic E-state index is 10.8. The molecule has 0 aliphatic carbocycles. The maximum absolute atomic E-state index is 10.8. The molecule has 20 heavy (non-hydrogen) atoms. The number of hydrogen-bond acceptors (Lipinski definition) is 8. The number of nitro groups is 1. The number of hydrogen-bond donors (Lipinski definition) is 1. The van der Waals surface area contributed by atoms with Gasteiger partial charge in [0, 0.05) is 23.1 Å². The van der Waals surface area contributed by atoms with Gasteiger partial charge in [0.1, 0.15) is 5.01 Å². The molecule has 3 rings (SSSR count). The van der Waals surface area contributed by atoms with E-state index >= 15 is 0 Å². The quantitative estimate of drug-likeness (QED) is 0.580. The second-order valence-corrected chi connectivity index (χ2v) is 4.70. The van der Waals surface area contributed by atoms with Crippen molar-refractivity contribution in [1.82, 2.24) is 15.3 Å². The van der Waals surface area contributed by atoms with Crippen LogP contribution in [-0.4, -0.2) is 20.2 Å². The van der Waals surface area contributed by atoms with Gasteiger partial charge in [0.25, 0.3) is 5.69 Å². The Morgan fingerprint density at radius 1 is 1.35 bits per heavy atom. The minimum Gasteiger partial charge on any atom is -0.379 e. The van der Waals surface area contributed by atoms with E-state index in [1.54, 1.807) is 17.5 Å². The van der Waals surface area contributed by atoms with Crippen molar-refractivity contribution in [1.29, 1.82) is 0 Å². The molecule has 0 atom stereocenters. The van der Waals surface area contributed by atoms with Gasteiger partial charge >= 0.3 is 0 Å². The van der Waals surface area contributed by atoms with Gasteiger partial charge in [-0.3, -0.25) is 10.1 Å². The fraction of sp³-hybridized carbons (Fsp3) is 0. The smallest absolute Gasteiger partial charge is 0.270 e. The van der Waals surface area contributed by atoms with Crippen LogP contribution in [0.3, 0.4) is 0 Å². The van der Waals surface area contributed by atoms with Crippen LogP contribution in [0.2, 0.25) is 0 Å². The van der Waals surface area contributed by atoms with E-state index in [1.165, 1.54) is 23.5 Å². The number of nitrogens with two attached hydrogens (primary N) is 1. The predicted octanol–water partition coefficient (Wildman–Crippen LogP) is 2.35. The second-order valence-electron chi connectivity index (χ2n) is 3.84. The highest BCUT2D eigenvalue weighted by molar-refractivity contribution is 7.13. The Morgan fingerprint density at radius 3 is 2.90 bits per heavy atom. The summed E-state index contributed by atoms with van der Waals surface area (Å²) in [4.78, 5) is 14.7. The molecule has 0 saturated heterocycles. The molecule has 0 amide bonds. The number of nitro benzene ring substituents is 1. The molecule has 0 radical (unpaired) electrons. The van der Waals surface area contributed by atoms with Crippen LogP contribution in [0.15, 0.2) is 34.3 Å². The van der Waals surface area contributed by atoms with E-state index in [-0.39, 0.29) is 11.5 Å². The van der Waals surface area contributed by atoms with Crippen LogP contribution >= 0.6 is 11.3 Å². The Balaban J connectivity index is 2.00. The second kappa shape index (κ2) is 4.70. The third kappa shape index (κ3) is 2.10. The standard InChI is InChI=1S/C11H7N5O3S/c12-10-9(14-19-15-10)11-13-8(5-20-11)6-2-1-3-7(4-6)16(17)18/h1-5H,(H2,12,15). The molecule has 2 N–H and O–H groups in total. The Hall–Kier alpha value is -2.81. The summed E-state index contributed by atoms with van der Waals surface area (Å²) in [6, 6.07) is 6.24. The summed E-state index contributed by atoms with van der Waals surface area (Å²) >= 11 is 1.31. The lowest BCUT2D eigenvalue weighted by Gasteiger charge is -1.96. The van der Waals surface area contributed by atoms with Gasteiger partial charge < -0.3 is 5.73 Å². The molecular weight excluding hydrogens is 282 g/mol. The molecule has 9 heteroatoms. The fourth-order valence-electron chi connectivity index (χ4n) is 1.64. The third-order valence-electron chi connectivity index (χ3n) is 2.57. The molecule has 3 aromatic rings. The summed E-state index contributed by atoms with van der Waals surface area (Å²) in [6.07, 6.45) is 0. The third-order valence-corrected chi connectivity index (χ3v) is 3.42. The highest BCUT2D eigenvalue weighted by Gasteiger charge is 2.15. The molecule has 0 aliphatic rings. The van der Waals surface area contributed by atoms with Crippen molar-refractivity contribution in [3.05, 3.63) is 39.8 Å². The number of nitrogen functional groups attached to an aromatic ring is 1. The minimum atomic E-state index is -0.448. The highest BCUT2D eigenvalue weighted by Crippen LogP contribution is 2.31. The molecule has 0 aliphatic heterocycles. The number of benzene rings is 1. The normalized spacial score (nSPS) is 10.6. The van der Waals surface area contributed by atoms with Crippen LogP contribution in [0.25, 0.3) is 22.0 Å². The van der Waals surface area contributed by atoms with Crippen molar-refractivity contribution in [2.24, 2.45) is 0 Å².